The summed E-state index contributed by atoms with van der Waals surface area (Å²) >= 11 is 0. The van der Waals surface area contributed by atoms with E-state index in [-0.39, 0.29) is 74.3 Å². The fourth-order valence-electron chi connectivity index (χ4n) is 10.1. The van der Waals surface area contributed by atoms with Crippen molar-refractivity contribution in [1.29, 1.82) is 0 Å². The van der Waals surface area contributed by atoms with Gasteiger partial charge in [-0.1, -0.05) is 24.3 Å². The van der Waals surface area contributed by atoms with Crippen molar-refractivity contribution in [3.8, 4) is 11.1 Å². The molecule has 3 heterocycles. The Morgan fingerprint density at radius 3 is 1.53 bits per heavy atom. The van der Waals surface area contributed by atoms with Crippen LogP contribution in [0.5, 0.6) is 0 Å². The van der Waals surface area contributed by atoms with Crippen LogP contribution in [0.15, 0.2) is 87.7 Å². The number of amides is 4. The second kappa shape index (κ2) is 35.8. The molecule has 2 aliphatic heterocycles. The number of rotatable bonds is 34. The number of hydrogen-bond acceptors (Lipinski definition) is 21. The van der Waals surface area contributed by atoms with Crippen molar-refractivity contribution in [2.75, 3.05) is 111 Å². The van der Waals surface area contributed by atoms with E-state index < -0.39 is 163 Å². The van der Waals surface area contributed by atoms with Crippen LogP contribution < -0.4 is 36.0 Å². The Morgan fingerprint density at radius 2 is 1.04 bits per heavy atom. The lowest BCUT2D eigenvalue weighted by Gasteiger charge is -2.33. The molecule has 34 nitrogen and oxygen atoms in total. The van der Waals surface area contributed by atoms with E-state index in [0.29, 0.717) is 29.6 Å². The first kappa shape index (κ1) is 74.0. The molecule has 0 unspecified atom stereocenters. The molecule has 1 aromatic heterocycles. The molecule has 6 rings (SSSR count). The van der Waals surface area contributed by atoms with Gasteiger partial charge in [0.05, 0.1) is 60.1 Å². The number of sulfonamides is 2. The minimum atomic E-state index is -4.48. The molecule has 0 spiro atoms. The van der Waals surface area contributed by atoms with Crippen LogP contribution in [0.4, 0.5) is 0 Å². The van der Waals surface area contributed by atoms with Crippen molar-refractivity contribution in [1.82, 2.24) is 65.4 Å². The number of carboxylic acids is 6. The van der Waals surface area contributed by atoms with E-state index in [4.69, 9.17) is 0 Å². The van der Waals surface area contributed by atoms with Gasteiger partial charge in [-0.3, -0.25) is 77.2 Å². The quantitative estimate of drug-likeness (QED) is 0.0217. The number of aromatic nitrogens is 2. The van der Waals surface area contributed by atoms with Crippen molar-refractivity contribution in [2.45, 2.75) is 79.4 Å². The smallest absolute Gasteiger partial charge is 0.323 e. The molecule has 3 aromatic carbocycles. The molecule has 2 aliphatic rings. The third kappa shape index (κ3) is 24.5. The van der Waals surface area contributed by atoms with E-state index in [2.05, 4.69) is 46.1 Å². The molecule has 13 N–H and O–H groups in total. The zero-order chi connectivity index (χ0) is 68.5. The van der Waals surface area contributed by atoms with Crippen molar-refractivity contribution >= 4 is 96.2 Å². The number of aliphatic imine (C=N–C) groups is 1. The van der Waals surface area contributed by atoms with Crippen LogP contribution in [0, 0.1) is 0 Å². The van der Waals surface area contributed by atoms with E-state index in [9.17, 15) is 95.4 Å². The summed E-state index contributed by atoms with van der Waals surface area (Å²) in [5, 5.41) is 75.6. The summed E-state index contributed by atoms with van der Waals surface area (Å²) in [7, 11) is -8.74. The number of fused-ring (bicyclic) bond motifs is 1. The number of nitrogens with one attached hydrogen (secondary N) is 7. The van der Waals surface area contributed by atoms with Gasteiger partial charge in [0, 0.05) is 115 Å². The highest BCUT2D eigenvalue weighted by atomic mass is 32.2. The minimum Gasteiger partial charge on any atom is -0.481 e. The maximum absolute atomic E-state index is 13.8. The van der Waals surface area contributed by atoms with Crippen molar-refractivity contribution < 1.29 is 95.4 Å². The van der Waals surface area contributed by atoms with Gasteiger partial charge in [-0.15, -0.1) is 0 Å². The van der Waals surface area contributed by atoms with Gasteiger partial charge in [0.2, 0.25) is 37.8 Å². The average Bonchev–Trinajstić information content (AvgIpc) is 1.45. The first-order chi connectivity index (χ1) is 44.6. The highest BCUT2D eigenvalue weighted by Crippen LogP contribution is 2.24. The number of carbonyl (C=O) groups excluding carboxylic acids is 4. The standard InChI is InChI=1S/C58H78N14O20S2/c73-49(34-68-23-25-69(35-52(78)79)27-29-71(37-54(82)83)30-28-70(26-24-68)36-53(80)81)65-45(14-17-51(76)77)57(86)66-44(13-16-50(74)75)56(85)61-19-20-64-93(89,90)42-9-4-38(5-10-42)39-6-11-43(12-7-39)94(91,92)67-46(58(87)88)33-62-55(84)40-8-15-47-41(31-40)32-63-72(47)22-21-60-48-3-1-2-18-59-48/h4-12,15,31-32,44-46,64,67H,1-3,13-14,16-30,33-37H2,(H,59,60)(H,61,85)(H,62,84)(H,65,73)(H,66,86)(H,74,75)(H,76,77)(H,78,79)(H,80,81)(H,82,83)(H,87,88)/t44-,45-,46-/m0/s1. The summed E-state index contributed by atoms with van der Waals surface area (Å²) in [5.41, 5.74) is 1.84. The SMILES string of the molecule is O=C(O)CC[C@H](NC(=O)CN1CCN(CC(=O)O)CCN(CC(=O)O)CCN(CC(=O)O)CC1)C(=O)N[C@@H](CCC(=O)O)C(=O)NCCNS(=O)(=O)c1ccc(-c2ccc(S(=O)(=O)N[C@@H](CNC(=O)c3ccc4c(cnn4CCNC4=NCCCC4)c3)C(=O)O)cc2)cc1. The van der Waals surface area contributed by atoms with E-state index in [1.165, 1.54) is 58.3 Å². The number of hydrogen-bond donors (Lipinski definition) is 13. The Morgan fingerprint density at radius 1 is 0.532 bits per heavy atom. The minimum absolute atomic E-state index is 0.0262. The lowest BCUT2D eigenvalue weighted by atomic mass is 10.1. The Kier molecular flexibility index (Phi) is 28.2. The number of amidine groups is 1. The fraction of sp³-hybridized carbons (Fsp3) is 0.483. The summed E-state index contributed by atoms with van der Waals surface area (Å²) in [4.78, 5) is 135. The largest absolute Gasteiger partial charge is 0.481 e. The third-order valence-electron chi connectivity index (χ3n) is 15.1. The molecule has 1 fully saturated rings. The van der Waals surface area contributed by atoms with Gasteiger partial charge in [0.1, 0.15) is 18.1 Å². The van der Waals surface area contributed by atoms with Gasteiger partial charge in [0.15, 0.2) is 0 Å². The van der Waals surface area contributed by atoms with Crippen molar-refractivity contribution in [3.63, 3.8) is 0 Å². The van der Waals surface area contributed by atoms with Gasteiger partial charge in [0.25, 0.3) is 5.91 Å². The van der Waals surface area contributed by atoms with Crippen molar-refractivity contribution in [2.24, 2.45) is 4.99 Å². The molecule has 1 saturated heterocycles. The topological polar surface area (TPSA) is 488 Å². The predicted molar refractivity (Wildman–Crippen MR) is 334 cm³/mol. The molecule has 0 bridgehead atoms. The molecule has 36 heteroatoms. The summed E-state index contributed by atoms with van der Waals surface area (Å²) in [6.07, 6.45) is 2.33. The highest BCUT2D eigenvalue weighted by molar-refractivity contribution is 7.89. The fourth-order valence-corrected chi connectivity index (χ4v) is 12.3. The van der Waals surface area contributed by atoms with E-state index >= 15 is 0 Å². The molecular formula is C58H78N14O20S2. The van der Waals surface area contributed by atoms with Crippen LogP contribution in [0.2, 0.25) is 0 Å². The van der Waals surface area contributed by atoms with Crippen molar-refractivity contribution in [3.05, 3.63) is 78.5 Å². The maximum Gasteiger partial charge on any atom is 0.323 e. The van der Waals surface area contributed by atoms with E-state index in [1.54, 1.807) is 38.9 Å². The zero-order valence-electron chi connectivity index (χ0n) is 51.2. The molecule has 0 aliphatic carbocycles. The summed E-state index contributed by atoms with van der Waals surface area (Å²) in [6, 6.07) is 10.4. The monoisotopic (exact) mass is 1350 g/mol. The molecule has 0 saturated carbocycles. The lowest BCUT2D eigenvalue weighted by molar-refractivity contribution is -0.140. The second-order valence-corrected chi connectivity index (χ2v) is 25.6. The first-order valence-corrected chi connectivity index (χ1v) is 32.9. The Bertz CT molecular complexity index is 3580. The van der Waals surface area contributed by atoms with Crippen LogP contribution in [0.25, 0.3) is 22.0 Å². The van der Waals surface area contributed by atoms with Gasteiger partial charge in [-0.2, -0.15) is 9.82 Å². The second-order valence-electron chi connectivity index (χ2n) is 22.1. The van der Waals surface area contributed by atoms with Crippen LogP contribution in [-0.2, 0) is 69.7 Å². The number of benzene rings is 3. The van der Waals surface area contributed by atoms with Crippen LogP contribution >= 0.6 is 0 Å². The number of carboxylic acid groups (broad SMARTS) is 6. The van der Waals surface area contributed by atoms with E-state index in [1.807, 2.05) is 0 Å². The van der Waals surface area contributed by atoms with Gasteiger partial charge in [-0.05, 0) is 79.3 Å². The molecule has 3 atom stereocenters. The maximum atomic E-state index is 13.8. The normalized spacial score (nSPS) is 16.0. The lowest BCUT2D eigenvalue weighted by Crippen LogP contribution is -2.55. The number of carbonyl (C=O) groups is 10. The number of nitrogens with zero attached hydrogens (tertiary/aromatic N) is 7. The van der Waals surface area contributed by atoms with Crippen LogP contribution in [-0.4, -0.2) is 272 Å². The third-order valence-corrected chi connectivity index (χ3v) is 18.0. The summed E-state index contributed by atoms with van der Waals surface area (Å²) < 4.78 is 59.7. The zero-order valence-corrected chi connectivity index (χ0v) is 52.8. The molecule has 0 radical (unpaired) electrons. The Labute approximate surface area is 540 Å². The first-order valence-electron chi connectivity index (χ1n) is 30.0. The summed E-state index contributed by atoms with van der Waals surface area (Å²) in [6.45, 7) is -0.640. The van der Waals surface area contributed by atoms with Gasteiger partial charge >= 0.3 is 35.8 Å². The molecule has 4 aromatic rings. The molecule has 4 amide bonds. The Balaban J connectivity index is 1.000. The molecule has 512 valence electrons. The molecule has 94 heavy (non-hydrogen) atoms. The Hall–Kier alpha value is -9.04. The number of aliphatic carboxylic acids is 6. The highest BCUT2D eigenvalue weighted by Gasteiger charge is 2.31. The van der Waals surface area contributed by atoms with Crippen LogP contribution in [0.3, 0.4) is 0 Å². The predicted octanol–water partition coefficient (Wildman–Crippen LogP) is -2.39. The molecular weight excluding hydrogens is 1280 g/mol. The van der Waals surface area contributed by atoms with Gasteiger partial charge < -0.3 is 57.2 Å². The average molecular weight is 1360 g/mol. The summed E-state index contributed by atoms with van der Waals surface area (Å²) in [5.74, 6) is -10.3. The van der Waals surface area contributed by atoms with Crippen LogP contribution in [0.1, 0.15) is 55.3 Å². The van der Waals surface area contributed by atoms with E-state index in [0.717, 1.165) is 37.2 Å². The van der Waals surface area contributed by atoms with Gasteiger partial charge in [-0.25, -0.2) is 21.6 Å².